The third kappa shape index (κ3) is 3.12. The molecule has 13 heteroatoms. The van der Waals surface area contributed by atoms with E-state index in [1.165, 1.54) is 7.05 Å². The first kappa shape index (κ1) is 19.6. The Bertz CT molecular complexity index is 1270. The molecule has 0 atom stereocenters. The van der Waals surface area contributed by atoms with Crippen LogP contribution in [0.5, 0.6) is 0 Å². The maximum atomic E-state index is 14.6. The summed E-state index contributed by atoms with van der Waals surface area (Å²) < 4.78 is 85.1. The quantitative estimate of drug-likeness (QED) is 0.552. The zero-order valence-electron chi connectivity index (χ0n) is 14.9. The second kappa shape index (κ2) is 6.40. The first-order valence-corrected chi connectivity index (χ1v) is 10.1. The number of rotatable bonds is 6. The summed E-state index contributed by atoms with van der Waals surface area (Å²) in [5.41, 5.74) is -2.00. The highest BCUT2D eigenvalue weighted by molar-refractivity contribution is 7.91. The third-order valence-corrected chi connectivity index (χ3v) is 6.96. The predicted molar refractivity (Wildman–Crippen MR) is 91.0 cm³/mol. The van der Waals surface area contributed by atoms with Crippen LogP contribution in [0.15, 0.2) is 26.2 Å². The number of imidazole rings is 1. The number of hydrogen-bond donors (Lipinski definition) is 0. The Morgan fingerprint density at radius 2 is 1.93 bits per heavy atom. The van der Waals surface area contributed by atoms with Crippen LogP contribution >= 0.6 is 0 Å². The topological polar surface area (TPSA) is 100.0 Å². The van der Waals surface area contributed by atoms with Crippen molar-refractivity contribution in [1.29, 1.82) is 0 Å². The van der Waals surface area contributed by atoms with Gasteiger partial charge in [0.25, 0.3) is 5.89 Å². The molecular weight excluding hydrogens is 420 g/mol. The van der Waals surface area contributed by atoms with Crippen molar-refractivity contribution in [3.63, 3.8) is 0 Å². The van der Waals surface area contributed by atoms with Gasteiger partial charge in [-0.2, -0.15) is 8.78 Å². The first-order chi connectivity index (χ1) is 13.6. The minimum atomic E-state index is -4.23. The van der Waals surface area contributed by atoms with Gasteiger partial charge in [-0.15, -0.1) is 5.10 Å². The Balaban J connectivity index is 1.91. The summed E-state index contributed by atoms with van der Waals surface area (Å²) in [7, 11) is -2.95. The van der Waals surface area contributed by atoms with Gasteiger partial charge in [0.2, 0.25) is 0 Å². The molecule has 0 spiro atoms. The molecule has 1 aromatic carbocycles. The molecule has 0 aliphatic heterocycles. The van der Waals surface area contributed by atoms with Gasteiger partial charge >= 0.3 is 18.1 Å². The molecule has 4 rings (SSSR count). The second-order valence-corrected chi connectivity index (χ2v) is 9.02. The lowest BCUT2D eigenvalue weighted by Crippen LogP contribution is -2.21. The van der Waals surface area contributed by atoms with Crippen LogP contribution in [0, 0.1) is 11.2 Å². The fraction of sp³-hybridized carbons (Fsp3) is 0.438. The van der Waals surface area contributed by atoms with Crippen LogP contribution in [0.3, 0.4) is 0 Å². The normalized spacial score (nSPS) is 16.1. The zero-order chi connectivity index (χ0) is 21.1. The smallest absolute Gasteiger partial charge is 0.337 e. The standard InChI is InChI=1S/C16H14F4N4O4S/c1-23-9-4-8(18)11(29(26,27)7-16(6-17)2-3-16)5-10(9)24(15(23)25)14-22-21-13(28-14)12(19)20/h4-5,12H,2-3,6-7H2,1H3. The molecule has 2 heterocycles. The fourth-order valence-corrected chi connectivity index (χ4v) is 5.11. The number of fused-ring (bicyclic) bond motifs is 1. The van der Waals surface area contributed by atoms with Crippen molar-refractivity contribution < 1.29 is 30.4 Å². The highest BCUT2D eigenvalue weighted by Crippen LogP contribution is 2.48. The van der Waals surface area contributed by atoms with E-state index in [0.717, 1.165) is 16.7 Å². The molecule has 0 N–H and O–H groups in total. The highest BCUT2D eigenvalue weighted by atomic mass is 32.2. The summed E-state index contributed by atoms with van der Waals surface area (Å²) in [6.45, 7) is -0.843. The van der Waals surface area contributed by atoms with Crippen LogP contribution in [0.2, 0.25) is 0 Å². The number of sulfone groups is 1. The van der Waals surface area contributed by atoms with Crippen molar-refractivity contribution in [1.82, 2.24) is 19.3 Å². The predicted octanol–water partition coefficient (Wildman–Crippen LogP) is 2.31. The van der Waals surface area contributed by atoms with Crippen LogP contribution in [-0.2, 0) is 16.9 Å². The Hall–Kier alpha value is -2.70. The van der Waals surface area contributed by atoms with Gasteiger partial charge in [-0.3, -0.25) is 8.96 Å². The third-order valence-electron chi connectivity index (χ3n) is 4.99. The molecule has 0 unspecified atom stereocenters. The van der Waals surface area contributed by atoms with E-state index in [4.69, 9.17) is 4.42 Å². The molecule has 0 amide bonds. The van der Waals surface area contributed by atoms with E-state index in [1.54, 1.807) is 0 Å². The van der Waals surface area contributed by atoms with E-state index >= 15 is 0 Å². The van der Waals surface area contributed by atoms with E-state index in [9.17, 15) is 30.8 Å². The Morgan fingerprint density at radius 3 is 2.48 bits per heavy atom. The molecule has 1 aliphatic rings. The molecule has 2 aromatic heterocycles. The van der Waals surface area contributed by atoms with Crippen molar-refractivity contribution in [2.24, 2.45) is 12.5 Å². The molecule has 156 valence electrons. The number of aromatic nitrogens is 4. The summed E-state index contributed by atoms with van der Waals surface area (Å²) in [6.07, 6.45) is -2.33. The molecule has 0 saturated heterocycles. The Morgan fingerprint density at radius 1 is 1.24 bits per heavy atom. The SMILES string of the molecule is Cn1c(=O)n(-c2nnc(C(F)F)o2)c2cc(S(=O)(=O)CC3(CF)CC3)c(F)cc21. The number of halogens is 4. The highest BCUT2D eigenvalue weighted by Gasteiger charge is 2.47. The van der Waals surface area contributed by atoms with Gasteiger partial charge in [0.15, 0.2) is 9.84 Å². The van der Waals surface area contributed by atoms with Crippen molar-refractivity contribution in [3.05, 3.63) is 34.3 Å². The number of alkyl halides is 3. The minimum Gasteiger partial charge on any atom is -0.401 e. The van der Waals surface area contributed by atoms with Crippen LogP contribution in [0.1, 0.15) is 25.2 Å². The molecule has 1 aliphatic carbocycles. The van der Waals surface area contributed by atoms with Crippen LogP contribution < -0.4 is 5.69 Å². The minimum absolute atomic E-state index is 0.0186. The summed E-state index contributed by atoms with van der Waals surface area (Å²) in [5.74, 6) is -2.72. The largest absolute Gasteiger partial charge is 0.401 e. The Kier molecular flexibility index (Phi) is 4.33. The van der Waals surface area contributed by atoms with Crippen LogP contribution in [0.4, 0.5) is 17.6 Å². The molecule has 3 aromatic rings. The first-order valence-electron chi connectivity index (χ1n) is 8.40. The van der Waals surface area contributed by atoms with Gasteiger partial charge in [0, 0.05) is 18.5 Å². The number of benzene rings is 1. The number of hydrogen-bond acceptors (Lipinski definition) is 6. The van der Waals surface area contributed by atoms with Gasteiger partial charge in [-0.1, -0.05) is 5.10 Å². The lowest BCUT2D eigenvalue weighted by atomic mass is 10.2. The lowest BCUT2D eigenvalue weighted by Gasteiger charge is -2.12. The van der Waals surface area contributed by atoms with Crippen molar-refractivity contribution in [3.8, 4) is 6.01 Å². The molecule has 29 heavy (non-hydrogen) atoms. The van der Waals surface area contributed by atoms with Crippen molar-refractivity contribution in [2.45, 2.75) is 24.2 Å². The molecule has 0 bridgehead atoms. The van der Waals surface area contributed by atoms with E-state index in [2.05, 4.69) is 10.2 Å². The van der Waals surface area contributed by atoms with Crippen LogP contribution in [0.25, 0.3) is 17.0 Å². The summed E-state index contributed by atoms with van der Waals surface area (Å²) >= 11 is 0. The van der Waals surface area contributed by atoms with Gasteiger partial charge < -0.3 is 4.42 Å². The van der Waals surface area contributed by atoms with Gasteiger partial charge in [-0.25, -0.2) is 22.2 Å². The summed E-state index contributed by atoms with van der Waals surface area (Å²) in [5, 5.41) is 6.53. The average molecular weight is 434 g/mol. The average Bonchev–Trinajstić information content (AvgIpc) is 3.16. The maximum Gasteiger partial charge on any atom is 0.337 e. The van der Waals surface area contributed by atoms with Crippen molar-refractivity contribution >= 4 is 20.9 Å². The van der Waals surface area contributed by atoms with Gasteiger partial charge in [0.05, 0.1) is 23.5 Å². The van der Waals surface area contributed by atoms with Gasteiger partial charge in [-0.05, 0) is 18.9 Å². The number of aryl methyl sites for hydroxylation is 1. The molecule has 1 fully saturated rings. The Labute approximate surface area is 160 Å². The molecule has 1 saturated carbocycles. The second-order valence-electron chi connectivity index (χ2n) is 7.06. The van der Waals surface area contributed by atoms with Crippen LogP contribution in [-0.4, -0.2) is 40.2 Å². The van der Waals surface area contributed by atoms with Crippen molar-refractivity contribution in [2.75, 3.05) is 12.4 Å². The lowest BCUT2D eigenvalue weighted by molar-refractivity contribution is 0.115. The summed E-state index contributed by atoms with van der Waals surface area (Å²) in [6, 6.07) is 1.11. The summed E-state index contributed by atoms with van der Waals surface area (Å²) in [4.78, 5) is 11.8. The monoisotopic (exact) mass is 434 g/mol. The molecular formula is C16H14F4N4O4S. The molecule has 0 radical (unpaired) electrons. The molecule has 8 nitrogen and oxygen atoms in total. The van der Waals surface area contributed by atoms with E-state index in [1.807, 2.05) is 0 Å². The van der Waals surface area contributed by atoms with E-state index < -0.39 is 62.4 Å². The zero-order valence-corrected chi connectivity index (χ0v) is 15.7. The van der Waals surface area contributed by atoms with Gasteiger partial charge in [0.1, 0.15) is 10.7 Å². The number of nitrogens with zero attached hydrogens (tertiary/aromatic N) is 4. The van der Waals surface area contributed by atoms with E-state index in [0.29, 0.717) is 17.4 Å². The van der Waals surface area contributed by atoms with E-state index in [-0.39, 0.29) is 11.0 Å². The maximum absolute atomic E-state index is 14.6. The fourth-order valence-electron chi connectivity index (χ4n) is 3.14.